The Morgan fingerprint density at radius 2 is 1.55 bits per heavy atom. The van der Waals surface area contributed by atoms with Gasteiger partial charge in [0.2, 0.25) is 13.2 Å². The van der Waals surface area contributed by atoms with Crippen LogP contribution in [0, 0.1) is 35.5 Å². The minimum absolute atomic E-state index is 0.0112. The van der Waals surface area contributed by atoms with Crippen LogP contribution in [0.25, 0.3) is 0 Å². The highest BCUT2D eigenvalue weighted by molar-refractivity contribution is 7.58. The smallest absolute Gasteiger partial charge is 0.329 e. The van der Waals surface area contributed by atoms with Crippen LogP contribution in [0.2, 0.25) is 0 Å². The van der Waals surface area contributed by atoms with Crippen LogP contribution >= 0.6 is 7.37 Å². The predicted molar refractivity (Wildman–Crippen MR) is 273 cm³/mol. The molecule has 402 valence electrons. The lowest BCUT2D eigenvalue weighted by Crippen LogP contribution is -2.61. The lowest BCUT2D eigenvalue weighted by Gasteiger charge is -2.42. The molecule has 2 bridgehead atoms. The molecule has 1 unspecified atom stereocenters. The first-order chi connectivity index (χ1) is 33.6. The summed E-state index contributed by atoms with van der Waals surface area (Å²) in [5.74, 6) is -8.10. The maximum atomic E-state index is 14.5. The Balaban J connectivity index is 1.70. The molecule has 4 aliphatic rings. The first-order valence-corrected chi connectivity index (χ1v) is 28.3. The Morgan fingerprint density at radius 1 is 0.845 bits per heavy atom. The standard InChI is InChI=1S/C55H88NO14P/c1-13-71(64,14-2)70-45-26-24-41(31-48(45)66-11)30-37(6)47-33-44(57)36(5)29-39(8)50(59)51(67-12)49(58)38(7)28-34(3)20-16-15-17-21-35(4)46(65-10)32-42-25-23-40(9)55(63,69-42)52(60)53(61)56-27-19-18-22-43(56)54(62)68-47/h15-17,20-21,29,34,36-38,40-43,45-48,50-51,59,63H,13-14,18-19,22-28,30-33H2,1-12H3/b17-15+,20-16+,35-21+,39-29+/t34-,36-,37-,38-,40-,41+,42+,43+,45-,46+,47+,48-,50-,51+,55?/m1/s1. The van der Waals surface area contributed by atoms with Gasteiger partial charge in [-0.05, 0) is 107 Å². The van der Waals surface area contributed by atoms with Crippen molar-refractivity contribution in [1.82, 2.24) is 4.90 Å². The van der Waals surface area contributed by atoms with Crippen molar-refractivity contribution in [2.45, 2.75) is 194 Å². The van der Waals surface area contributed by atoms with Gasteiger partial charge >= 0.3 is 5.97 Å². The first kappa shape index (κ1) is 60.4. The van der Waals surface area contributed by atoms with Crippen LogP contribution in [0.1, 0.15) is 139 Å². The van der Waals surface area contributed by atoms with Gasteiger partial charge in [-0.1, -0.05) is 84.9 Å². The van der Waals surface area contributed by atoms with Crippen molar-refractivity contribution in [3.8, 4) is 0 Å². The van der Waals surface area contributed by atoms with Crippen LogP contribution in [0.3, 0.4) is 0 Å². The van der Waals surface area contributed by atoms with Gasteiger partial charge in [0.25, 0.3) is 11.7 Å². The maximum absolute atomic E-state index is 14.5. The van der Waals surface area contributed by atoms with E-state index in [9.17, 15) is 38.8 Å². The zero-order valence-corrected chi connectivity index (χ0v) is 45.7. The molecule has 3 heterocycles. The summed E-state index contributed by atoms with van der Waals surface area (Å²) >= 11 is 0. The topological polar surface area (TPSA) is 201 Å². The fourth-order valence-corrected chi connectivity index (χ4v) is 12.3. The molecule has 3 aliphatic heterocycles. The lowest BCUT2D eigenvalue weighted by atomic mass is 9.78. The van der Waals surface area contributed by atoms with Gasteiger partial charge in [-0.25, -0.2) is 4.79 Å². The molecule has 2 N–H and O–H groups in total. The van der Waals surface area contributed by atoms with Crippen LogP contribution in [0.5, 0.6) is 0 Å². The van der Waals surface area contributed by atoms with Gasteiger partial charge in [-0.3, -0.25) is 23.7 Å². The number of Topliss-reactive ketones (excluding diaryl/α,β-unsaturated/α-hetero) is 3. The summed E-state index contributed by atoms with van der Waals surface area (Å²) in [6.07, 6.45) is 12.3. The Bertz CT molecular complexity index is 1970. The summed E-state index contributed by atoms with van der Waals surface area (Å²) in [7, 11) is 1.77. The van der Waals surface area contributed by atoms with E-state index in [-0.39, 0.29) is 60.9 Å². The molecule has 15 atom stereocenters. The van der Waals surface area contributed by atoms with Crippen molar-refractivity contribution >= 4 is 36.6 Å². The van der Waals surface area contributed by atoms with E-state index in [2.05, 4.69) is 0 Å². The lowest BCUT2D eigenvalue weighted by molar-refractivity contribution is -0.265. The number of carbonyl (C=O) groups is 5. The number of ether oxygens (including phenoxy) is 5. The van der Waals surface area contributed by atoms with Crippen molar-refractivity contribution in [3.05, 3.63) is 47.6 Å². The number of rotatable bonds is 10. The van der Waals surface area contributed by atoms with Crippen LogP contribution in [-0.4, -0.2) is 139 Å². The first-order valence-electron chi connectivity index (χ1n) is 26.3. The fourth-order valence-electron chi connectivity index (χ4n) is 10.8. The largest absolute Gasteiger partial charge is 0.460 e. The SMILES string of the molecule is CCP(=O)(CC)O[C@@H]1CC[C@@H](C[C@@H](C)[C@@H]2CC(=O)[C@H](C)/C=C(\C)[C@@H](O)[C@@H](OC)C(=O)[C@H](C)C[C@H](C)/C=C/C=C/C=C(\C)[C@@H](OC)C[C@@H]3CC[C@@H](C)C(O)(O3)C(=O)C(=O)N3CCCC[C@H]3C(=O)O2)C[C@H]1OC. The zero-order chi connectivity index (χ0) is 52.8. The zero-order valence-electron chi connectivity index (χ0n) is 44.8. The number of fused-ring (bicyclic) bond motifs is 3. The predicted octanol–water partition coefficient (Wildman–Crippen LogP) is 8.52. The molecular formula is C55H88NO14P. The normalized spacial score (nSPS) is 38.3. The summed E-state index contributed by atoms with van der Waals surface area (Å²) in [6, 6.07) is -1.16. The minimum atomic E-state index is -2.81. The van der Waals surface area contributed by atoms with E-state index in [1.54, 1.807) is 41.1 Å². The summed E-state index contributed by atoms with van der Waals surface area (Å²) < 4.78 is 49.4. The second kappa shape index (κ2) is 28.0. The molecule has 0 radical (unpaired) electrons. The highest BCUT2D eigenvalue weighted by Gasteiger charge is 2.53. The summed E-state index contributed by atoms with van der Waals surface area (Å²) in [6.45, 7) is 16.5. The second-order valence-electron chi connectivity index (χ2n) is 21.1. The summed E-state index contributed by atoms with van der Waals surface area (Å²) in [4.78, 5) is 72.4. The molecule has 71 heavy (non-hydrogen) atoms. The number of hydrogen-bond acceptors (Lipinski definition) is 14. The van der Waals surface area contributed by atoms with Crippen LogP contribution in [-0.2, 0) is 56.7 Å². The summed E-state index contributed by atoms with van der Waals surface area (Å²) in [5.41, 5.74) is 1.26. The molecule has 1 saturated carbocycles. The van der Waals surface area contributed by atoms with Crippen LogP contribution < -0.4 is 0 Å². The maximum Gasteiger partial charge on any atom is 0.329 e. The van der Waals surface area contributed by atoms with E-state index in [1.807, 2.05) is 71.9 Å². The van der Waals surface area contributed by atoms with Crippen molar-refractivity contribution in [1.29, 1.82) is 0 Å². The van der Waals surface area contributed by atoms with Crippen molar-refractivity contribution in [2.75, 3.05) is 40.2 Å². The highest BCUT2D eigenvalue weighted by Crippen LogP contribution is 2.50. The molecule has 15 nitrogen and oxygen atoms in total. The molecule has 1 amide bonds. The number of methoxy groups -OCH3 is 3. The Labute approximate surface area is 424 Å². The van der Waals surface area contributed by atoms with E-state index in [0.717, 1.165) is 12.0 Å². The molecule has 16 heteroatoms. The van der Waals surface area contributed by atoms with E-state index in [1.165, 1.54) is 12.0 Å². The molecule has 1 aliphatic carbocycles. The Hall–Kier alpha value is -3.14. The molecule has 0 aromatic carbocycles. The number of carbonyl (C=O) groups excluding carboxylic acids is 5. The van der Waals surface area contributed by atoms with Gasteiger partial charge in [0.15, 0.2) is 5.78 Å². The number of ketones is 3. The molecule has 0 spiro atoms. The van der Waals surface area contributed by atoms with E-state index in [4.69, 9.17) is 28.2 Å². The Kier molecular flexibility index (Phi) is 23.8. The highest BCUT2D eigenvalue weighted by atomic mass is 31.2. The molecule has 2 saturated heterocycles. The Morgan fingerprint density at radius 3 is 2.20 bits per heavy atom. The minimum Gasteiger partial charge on any atom is -0.460 e. The van der Waals surface area contributed by atoms with Crippen LogP contribution in [0.15, 0.2) is 47.6 Å². The third-order valence-electron chi connectivity index (χ3n) is 15.7. The molecule has 0 aromatic heterocycles. The number of aliphatic hydroxyl groups is 2. The van der Waals surface area contributed by atoms with Crippen molar-refractivity contribution < 1.29 is 67.0 Å². The van der Waals surface area contributed by atoms with E-state index < -0.39 is 85.1 Å². The quantitative estimate of drug-likeness (QED) is 0.0913. The number of piperidine rings is 1. The number of hydrogen-bond donors (Lipinski definition) is 2. The van der Waals surface area contributed by atoms with E-state index in [0.29, 0.717) is 75.7 Å². The van der Waals surface area contributed by atoms with Gasteiger partial charge in [-0.15, -0.1) is 0 Å². The molecular weight excluding hydrogens is 930 g/mol. The average molecular weight is 1020 g/mol. The number of esters is 1. The van der Waals surface area contributed by atoms with Gasteiger partial charge < -0.3 is 43.3 Å². The average Bonchev–Trinajstić information content (AvgIpc) is 3.35. The monoisotopic (exact) mass is 1020 g/mol. The number of allylic oxidation sites excluding steroid dienone is 6. The van der Waals surface area contributed by atoms with Crippen molar-refractivity contribution in [2.24, 2.45) is 35.5 Å². The number of aliphatic hydroxyl groups excluding tert-OH is 1. The van der Waals surface area contributed by atoms with Gasteiger partial charge in [0.05, 0.1) is 24.4 Å². The van der Waals surface area contributed by atoms with Gasteiger partial charge in [-0.2, -0.15) is 0 Å². The van der Waals surface area contributed by atoms with Gasteiger partial charge in [0.1, 0.15) is 30.1 Å². The number of nitrogens with zero attached hydrogens (tertiary/aromatic N) is 1. The molecule has 4 rings (SSSR count). The molecule has 3 fully saturated rings. The molecule has 0 aromatic rings. The fraction of sp³-hybridized carbons (Fsp3) is 0.764. The van der Waals surface area contributed by atoms with Crippen LogP contribution in [0.4, 0.5) is 0 Å². The number of cyclic esters (lactones) is 1. The number of amides is 1. The van der Waals surface area contributed by atoms with E-state index >= 15 is 0 Å². The van der Waals surface area contributed by atoms with Crippen molar-refractivity contribution in [3.63, 3.8) is 0 Å². The van der Waals surface area contributed by atoms with Gasteiger partial charge in [0, 0.05) is 70.8 Å². The second-order valence-corrected chi connectivity index (χ2v) is 24.2. The third-order valence-corrected chi connectivity index (χ3v) is 18.3. The summed E-state index contributed by atoms with van der Waals surface area (Å²) in [5, 5.41) is 23.5. The third kappa shape index (κ3) is 16.2.